The molecule has 0 spiro atoms. The second-order valence-electron chi connectivity index (χ2n) is 7.47. The minimum Gasteiger partial charge on any atom is -0.484 e. The van der Waals surface area contributed by atoms with E-state index in [0.717, 1.165) is 9.79 Å². The van der Waals surface area contributed by atoms with Crippen LogP contribution in [0.3, 0.4) is 0 Å². The summed E-state index contributed by atoms with van der Waals surface area (Å²) in [5, 5.41) is 12.2. The molecular weight excluding hydrogens is 450 g/mol. The van der Waals surface area contributed by atoms with Gasteiger partial charge in [-0.3, -0.25) is 9.59 Å². The summed E-state index contributed by atoms with van der Waals surface area (Å²) in [7, 11) is 0. The number of nitrogens with one attached hydrogen (secondary N) is 1. The van der Waals surface area contributed by atoms with Gasteiger partial charge in [0, 0.05) is 28.6 Å². The van der Waals surface area contributed by atoms with Gasteiger partial charge in [0.15, 0.2) is 6.61 Å². The van der Waals surface area contributed by atoms with E-state index in [0.29, 0.717) is 48.9 Å². The average Bonchev–Trinajstić information content (AvgIpc) is 2.89. The van der Waals surface area contributed by atoms with E-state index >= 15 is 0 Å². The quantitative estimate of drug-likeness (QED) is 0.553. The van der Waals surface area contributed by atoms with Crippen LogP contribution in [0.15, 0.2) is 82.6 Å². The summed E-state index contributed by atoms with van der Waals surface area (Å²) in [6.45, 7) is 2.21. The number of rotatable bonds is 7. The third kappa shape index (κ3) is 5.95. The fraction of sp³-hybridized carbons (Fsp3) is 0.192. The van der Waals surface area contributed by atoms with Crippen LogP contribution >= 0.6 is 11.8 Å². The summed E-state index contributed by atoms with van der Waals surface area (Å²) in [5.74, 6) is 0.213. The highest BCUT2D eigenvalue weighted by Gasteiger charge is 2.17. The number of ether oxygens (including phenoxy) is 2. The Balaban J connectivity index is 1.37. The Morgan fingerprint density at radius 3 is 2.38 bits per heavy atom. The van der Waals surface area contributed by atoms with E-state index in [-0.39, 0.29) is 18.4 Å². The topological polar surface area (TPSA) is 91.7 Å². The van der Waals surface area contributed by atoms with Crippen LogP contribution in [0.1, 0.15) is 15.9 Å². The number of carbonyl (C=O) groups excluding carboxylic acids is 2. The molecule has 1 N–H and O–H groups in total. The lowest BCUT2D eigenvalue weighted by Crippen LogP contribution is -2.42. The van der Waals surface area contributed by atoms with Crippen molar-refractivity contribution in [2.45, 2.75) is 9.79 Å². The Labute approximate surface area is 202 Å². The molecule has 0 bridgehead atoms. The Morgan fingerprint density at radius 2 is 1.65 bits per heavy atom. The molecule has 1 aliphatic heterocycles. The molecule has 2 amide bonds. The van der Waals surface area contributed by atoms with Crippen molar-refractivity contribution >= 4 is 29.3 Å². The third-order valence-corrected chi connectivity index (χ3v) is 6.35. The molecule has 1 fully saturated rings. The van der Waals surface area contributed by atoms with Crippen molar-refractivity contribution in [3.05, 3.63) is 83.9 Å². The molecule has 1 saturated heterocycles. The van der Waals surface area contributed by atoms with Gasteiger partial charge in [-0.05, 0) is 48.5 Å². The molecule has 0 unspecified atom stereocenters. The second kappa shape index (κ2) is 11.4. The van der Waals surface area contributed by atoms with Crippen LogP contribution in [0.4, 0.5) is 5.69 Å². The van der Waals surface area contributed by atoms with E-state index in [2.05, 4.69) is 11.4 Å². The molecule has 34 heavy (non-hydrogen) atoms. The number of hydrogen-bond acceptors (Lipinski definition) is 6. The number of anilines is 1. The molecule has 1 aliphatic rings. The predicted molar refractivity (Wildman–Crippen MR) is 129 cm³/mol. The first kappa shape index (κ1) is 23.4. The highest BCUT2D eigenvalue weighted by atomic mass is 32.2. The van der Waals surface area contributed by atoms with E-state index in [1.165, 1.54) is 11.8 Å². The van der Waals surface area contributed by atoms with Crippen molar-refractivity contribution in [1.82, 2.24) is 4.90 Å². The largest absolute Gasteiger partial charge is 0.484 e. The Hall–Kier alpha value is -3.80. The zero-order chi connectivity index (χ0) is 23.8. The van der Waals surface area contributed by atoms with Gasteiger partial charge >= 0.3 is 0 Å². The third-order valence-electron chi connectivity index (χ3n) is 5.20. The van der Waals surface area contributed by atoms with Crippen LogP contribution in [0.5, 0.6) is 5.75 Å². The van der Waals surface area contributed by atoms with E-state index in [4.69, 9.17) is 9.47 Å². The van der Waals surface area contributed by atoms with Gasteiger partial charge in [0.05, 0.1) is 24.3 Å². The fourth-order valence-electron chi connectivity index (χ4n) is 3.39. The summed E-state index contributed by atoms with van der Waals surface area (Å²) in [5.41, 5.74) is 1.68. The van der Waals surface area contributed by atoms with Crippen molar-refractivity contribution in [2.24, 2.45) is 0 Å². The zero-order valence-corrected chi connectivity index (χ0v) is 19.2. The first-order chi connectivity index (χ1) is 16.6. The first-order valence-corrected chi connectivity index (χ1v) is 11.6. The van der Waals surface area contributed by atoms with Crippen molar-refractivity contribution in [2.75, 3.05) is 38.2 Å². The molecule has 172 valence electrons. The number of carbonyl (C=O) groups is 2. The second-order valence-corrected chi connectivity index (χ2v) is 8.55. The normalized spacial score (nSPS) is 13.1. The number of morpholine rings is 1. The SMILES string of the molecule is N#Cc1ccccc1Sc1ccccc1C(=O)Nc1ccc(OCC(=O)N2CCOCC2)cc1. The van der Waals surface area contributed by atoms with Crippen LogP contribution in [0, 0.1) is 11.3 Å². The van der Waals surface area contributed by atoms with Gasteiger partial charge < -0.3 is 19.7 Å². The Bertz CT molecular complexity index is 1200. The highest BCUT2D eigenvalue weighted by Crippen LogP contribution is 2.33. The minimum absolute atomic E-state index is 0.0412. The molecule has 0 aliphatic carbocycles. The van der Waals surface area contributed by atoms with Gasteiger partial charge in [-0.1, -0.05) is 36.0 Å². The van der Waals surface area contributed by atoms with Crippen LogP contribution in [0.2, 0.25) is 0 Å². The molecular formula is C26H23N3O4S. The van der Waals surface area contributed by atoms with Gasteiger partial charge in [-0.25, -0.2) is 0 Å². The van der Waals surface area contributed by atoms with Gasteiger partial charge in [-0.15, -0.1) is 0 Å². The predicted octanol–water partition coefficient (Wildman–Crippen LogP) is 4.20. The lowest BCUT2D eigenvalue weighted by Gasteiger charge is -2.26. The summed E-state index contributed by atoms with van der Waals surface area (Å²) >= 11 is 1.38. The number of nitriles is 1. The molecule has 0 saturated carbocycles. The summed E-state index contributed by atoms with van der Waals surface area (Å²) in [6.07, 6.45) is 0. The first-order valence-electron chi connectivity index (χ1n) is 10.8. The molecule has 8 heteroatoms. The van der Waals surface area contributed by atoms with Crippen LogP contribution in [-0.4, -0.2) is 49.6 Å². The Morgan fingerprint density at radius 1 is 0.971 bits per heavy atom. The lowest BCUT2D eigenvalue weighted by atomic mass is 10.2. The van der Waals surface area contributed by atoms with Crippen molar-refractivity contribution in [3.8, 4) is 11.8 Å². The van der Waals surface area contributed by atoms with E-state index in [9.17, 15) is 14.9 Å². The lowest BCUT2D eigenvalue weighted by molar-refractivity contribution is -0.137. The monoisotopic (exact) mass is 473 g/mol. The molecule has 0 radical (unpaired) electrons. The molecule has 1 heterocycles. The standard InChI is InChI=1S/C26H23N3O4S/c27-17-19-5-1-3-7-23(19)34-24-8-4-2-6-22(24)26(31)28-20-9-11-21(12-10-20)33-18-25(30)29-13-15-32-16-14-29/h1-12H,13-16,18H2,(H,28,31). The minimum atomic E-state index is -0.256. The maximum atomic E-state index is 13.0. The zero-order valence-electron chi connectivity index (χ0n) is 18.4. The number of nitrogens with zero attached hydrogens (tertiary/aromatic N) is 2. The molecule has 4 rings (SSSR count). The van der Waals surface area contributed by atoms with Crippen LogP contribution in [0.25, 0.3) is 0 Å². The summed E-state index contributed by atoms with van der Waals surface area (Å²) in [4.78, 5) is 28.5. The van der Waals surface area contributed by atoms with E-state index in [1.807, 2.05) is 30.3 Å². The number of hydrogen-bond donors (Lipinski definition) is 1. The smallest absolute Gasteiger partial charge is 0.260 e. The maximum Gasteiger partial charge on any atom is 0.260 e. The van der Waals surface area contributed by atoms with Crippen molar-refractivity contribution < 1.29 is 19.1 Å². The highest BCUT2D eigenvalue weighted by molar-refractivity contribution is 7.99. The van der Waals surface area contributed by atoms with E-state index < -0.39 is 0 Å². The molecule has 3 aromatic carbocycles. The van der Waals surface area contributed by atoms with E-state index in [1.54, 1.807) is 47.4 Å². The van der Waals surface area contributed by atoms with Crippen LogP contribution < -0.4 is 10.1 Å². The van der Waals surface area contributed by atoms with Gasteiger partial charge in [0.25, 0.3) is 11.8 Å². The maximum absolute atomic E-state index is 13.0. The molecule has 3 aromatic rings. The van der Waals surface area contributed by atoms with Gasteiger partial charge in [0.2, 0.25) is 0 Å². The molecule has 7 nitrogen and oxygen atoms in total. The molecule has 0 aromatic heterocycles. The average molecular weight is 474 g/mol. The van der Waals surface area contributed by atoms with Gasteiger partial charge in [0.1, 0.15) is 11.8 Å². The molecule has 0 atom stereocenters. The Kier molecular flexibility index (Phi) is 7.81. The summed E-state index contributed by atoms with van der Waals surface area (Å²) in [6, 6.07) is 23.6. The van der Waals surface area contributed by atoms with Crippen molar-refractivity contribution in [1.29, 1.82) is 5.26 Å². The fourth-order valence-corrected chi connectivity index (χ4v) is 4.42. The summed E-state index contributed by atoms with van der Waals surface area (Å²) < 4.78 is 10.9. The number of amides is 2. The van der Waals surface area contributed by atoms with Gasteiger partial charge in [-0.2, -0.15) is 5.26 Å². The van der Waals surface area contributed by atoms with Crippen LogP contribution in [-0.2, 0) is 9.53 Å². The van der Waals surface area contributed by atoms with Crippen molar-refractivity contribution in [3.63, 3.8) is 0 Å². The number of benzene rings is 3.